The Morgan fingerprint density at radius 1 is 1.29 bits per heavy atom. The zero-order valence-electron chi connectivity index (χ0n) is 16.2. The molecule has 28 heavy (non-hydrogen) atoms. The highest BCUT2D eigenvalue weighted by Gasteiger charge is 2.17. The molecule has 1 aliphatic rings. The lowest BCUT2D eigenvalue weighted by atomic mass is 10.2. The van der Waals surface area contributed by atoms with Crippen molar-refractivity contribution in [3.05, 3.63) is 41.5 Å². The third kappa shape index (κ3) is 5.40. The Balaban J connectivity index is 1.71. The van der Waals surface area contributed by atoms with Gasteiger partial charge in [0.1, 0.15) is 11.6 Å². The topological polar surface area (TPSA) is 76.4 Å². The fourth-order valence-electron chi connectivity index (χ4n) is 3.19. The van der Waals surface area contributed by atoms with Crippen LogP contribution in [0.1, 0.15) is 42.9 Å². The van der Waals surface area contributed by atoms with Crippen molar-refractivity contribution >= 4 is 5.96 Å². The molecule has 0 radical (unpaired) electrons. The molecule has 3 rings (SSSR count). The monoisotopic (exact) mass is 392 g/mol. The number of rotatable bonds is 7. The maximum absolute atomic E-state index is 12.6. The molecule has 0 saturated heterocycles. The van der Waals surface area contributed by atoms with Gasteiger partial charge in [0, 0.05) is 18.7 Å². The number of guanidine groups is 1. The van der Waals surface area contributed by atoms with Crippen LogP contribution in [0.25, 0.3) is 0 Å². The van der Waals surface area contributed by atoms with Crippen LogP contribution in [0, 0.1) is 6.92 Å². The summed E-state index contributed by atoms with van der Waals surface area (Å²) >= 11 is 0. The van der Waals surface area contributed by atoms with E-state index in [4.69, 9.17) is 0 Å². The van der Waals surface area contributed by atoms with Gasteiger partial charge in [0.25, 0.3) is 0 Å². The van der Waals surface area contributed by atoms with E-state index in [0.29, 0.717) is 24.1 Å². The van der Waals surface area contributed by atoms with E-state index >= 15 is 0 Å². The first-order valence-corrected chi connectivity index (χ1v) is 9.45. The van der Waals surface area contributed by atoms with E-state index in [-0.39, 0.29) is 12.3 Å². The first-order valence-electron chi connectivity index (χ1n) is 9.45. The molecule has 0 atom stereocenters. The highest BCUT2D eigenvalue weighted by molar-refractivity contribution is 5.80. The molecule has 1 fully saturated rings. The summed E-state index contributed by atoms with van der Waals surface area (Å²) in [5.74, 6) is 2.39. The molecule has 1 heterocycles. The van der Waals surface area contributed by atoms with Gasteiger partial charge in [0.05, 0.1) is 13.1 Å². The van der Waals surface area contributed by atoms with E-state index in [9.17, 15) is 8.78 Å². The molecule has 0 bridgehead atoms. The Kier molecular flexibility index (Phi) is 6.78. The van der Waals surface area contributed by atoms with E-state index in [1.165, 1.54) is 18.9 Å². The molecule has 9 heteroatoms. The number of ether oxygens (including phenoxy) is 1. The van der Waals surface area contributed by atoms with E-state index in [1.807, 2.05) is 18.5 Å². The number of halogens is 2. The van der Waals surface area contributed by atoms with Gasteiger partial charge in [-0.2, -0.15) is 8.78 Å². The van der Waals surface area contributed by atoms with E-state index in [2.05, 4.69) is 30.6 Å². The smallest absolute Gasteiger partial charge is 0.387 e. The van der Waals surface area contributed by atoms with Crippen LogP contribution < -0.4 is 15.4 Å². The summed E-state index contributed by atoms with van der Waals surface area (Å²) < 4.78 is 31.7. The SMILES string of the molecule is Cc1nnc(CNC(=NCc2ccccc2OC(F)F)NC2CCCC2)n1C. The fraction of sp³-hybridized carbons (Fsp3) is 0.526. The average molecular weight is 392 g/mol. The van der Waals surface area contributed by atoms with Crippen molar-refractivity contribution < 1.29 is 13.5 Å². The van der Waals surface area contributed by atoms with Crippen molar-refractivity contribution in [3.8, 4) is 5.75 Å². The number of aryl methyl sites for hydroxylation is 1. The van der Waals surface area contributed by atoms with Crippen molar-refractivity contribution in [2.75, 3.05) is 0 Å². The van der Waals surface area contributed by atoms with Crippen LogP contribution in [0.3, 0.4) is 0 Å². The molecule has 2 N–H and O–H groups in total. The summed E-state index contributed by atoms with van der Waals surface area (Å²) in [6.07, 6.45) is 4.57. The number of para-hydroxylation sites is 1. The molecule has 1 aromatic heterocycles. The summed E-state index contributed by atoms with van der Waals surface area (Å²) in [5, 5.41) is 14.9. The second-order valence-electron chi connectivity index (χ2n) is 6.85. The average Bonchev–Trinajstić information content (AvgIpc) is 3.29. The van der Waals surface area contributed by atoms with Gasteiger partial charge in [-0.25, -0.2) is 4.99 Å². The van der Waals surface area contributed by atoms with Crippen LogP contribution in [-0.4, -0.2) is 33.4 Å². The quantitative estimate of drug-likeness (QED) is 0.560. The van der Waals surface area contributed by atoms with Crippen molar-refractivity contribution in [1.82, 2.24) is 25.4 Å². The van der Waals surface area contributed by atoms with Crippen LogP contribution in [-0.2, 0) is 20.1 Å². The lowest BCUT2D eigenvalue weighted by Gasteiger charge is -2.17. The van der Waals surface area contributed by atoms with E-state index < -0.39 is 6.61 Å². The van der Waals surface area contributed by atoms with Gasteiger partial charge in [0.15, 0.2) is 11.8 Å². The summed E-state index contributed by atoms with van der Waals surface area (Å²) in [6.45, 7) is -0.283. The minimum absolute atomic E-state index is 0.144. The first kappa shape index (κ1) is 20.0. The number of hydrogen-bond donors (Lipinski definition) is 2. The molecule has 1 saturated carbocycles. The number of hydrogen-bond acceptors (Lipinski definition) is 4. The van der Waals surface area contributed by atoms with Gasteiger partial charge in [-0.1, -0.05) is 31.0 Å². The molecule has 0 aliphatic heterocycles. The van der Waals surface area contributed by atoms with Crippen molar-refractivity contribution in [2.24, 2.45) is 12.0 Å². The van der Waals surface area contributed by atoms with Crippen LogP contribution in [0.15, 0.2) is 29.3 Å². The van der Waals surface area contributed by atoms with Gasteiger partial charge in [0.2, 0.25) is 0 Å². The predicted molar refractivity (Wildman–Crippen MR) is 102 cm³/mol. The summed E-state index contributed by atoms with van der Waals surface area (Å²) in [5.41, 5.74) is 0.602. The Morgan fingerprint density at radius 3 is 2.71 bits per heavy atom. The molecule has 7 nitrogen and oxygen atoms in total. The normalized spacial score (nSPS) is 15.2. The molecule has 1 aliphatic carbocycles. The Morgan fingerprint density at radius 2 is 2.04 bits per heavy atom. The number of benzene rings is 1. The van der Waals surface area contributed by atoms with E-state index in [1.54, 1.807) is 18.2 Å². The second-order valence-corrected chi connectivity index (χ2v) is 6.85. The Hall–Kier alpha value is -2.71. The molecule has 1 aromatic carbocycles. The minimum atomic E-state index is -2.86. The van der Waals surface area contributed by atoms with Gasteiger partial charge < -0.3 is 19.9 Å². The maximum atomic E-state index is 12.6. The number of aliphatic imine (C=N–C) groups is 1. The van der Waals surface area contributed by atoms with Crippen LogP contribution in [0.4, 0.5) is 8.78 Å². The number of nitrogens with one attached hydrogen (secondary N) is 2. The third-order valence-corrected chi connectivity index (χ3v) is 4.89. The molecule has 2 aromatic rings. The molecule has 0 amide bonds. The Bertz CT molecular complexity index is 801. The van der Waals surface area contributed by atoms with Crippen LogP contribution in [0.2, 0.25) is 0 Å². The second kappa shape index (κ2) is 9.48. The zero-order valence-corrected chi connectivity index (χ0v) is 16.2. The van der Waals surface area contributed by atoms with E-state index in [0.717, 1.165) is 24.5 Å². The molecule has 0 unspecified atom stereocenters. The first-order chi connectivity index (χ1) is 13.5. The fourth-order valence-corrected chi connectivity index (χ4v) is 3.19. The summed E-state index contributed by atoms with van der Waals surface area (Å²) in [7, 11) is 1.91. The number of aromatic nitrogens is 3. The summed E-state index contributed by atoms with van der Waals surface area (Å²) in [6, 6.07) is 7.07. The number of alkyl halides is 2. The minimum Gasteiger partial charge on any atom is -0.434 e. The van der Waals surface area contributed by atoms with Gasteiger partial charge >= 0.3 is 6.61 Å². The zero-order chi connectivity index (χ0) is 19.9. The van der Waals surface area contributed by atoms with Crippen LogP contribution >= 0.6 is 0 Å². The van der Waals surface area contributed by atoms with Gasteiger partial charge in [-0.15, -0.1) is 10.2 Å². The van der Waals surface area contributed by atoms with Gasteiger partial charge in [-0.05, 0) is 25.8 Å². The Labute approximate surface area is 163 Å². The maximum Gasteiger partial charge on any atom is 0.387 e. The van der Waals surface area contributed by atoms with Crippen molar-refractivity contribution in [2.45, 2.75) is 58.3 Å². The largest absolute Gasteiger partial charge is 0.434 e. The third-order valence-electron chi connectivity index (χ3n) is 4.89. The lowest BCUT2D eigenvalue weighted by Crippen LogP contribution is -2.42. The van der Waals surface area contributed by atoms with Crippen LogP contribution in [0.5, 0.6) is 5.75 Å². The molecular formula is C19H26F2N6O. The van der Waals surface area contributed by atoms with Gasteiger partial charge in [-0.3, -0.25) is 0 Å². The molecule has 152 valence electrons. The highest BCUT2D eigenvalue weighted by atomic mass is 19.3. The molecule has 0 spiro atoms. The number of nitrogens with zero attached hydrogens (tertiary/aromatic N) is 4. The highest BCUT2D eigenvalue weighted by Crippen LogP contribution is 2.21. The summed E-state index contributed by atoms with van der Waals surface area (Å²) in [4.78, 5) is 4.59. The molecular weight excluding hydrogens is 366 g/mol. The predicted octanol–water partition coefficient (Wildman–Crippen LogP) is 2.90. The lowest BCUT2D eigenvalue weighted by molar-refractivity contribution is -0.0504. The standard InChI is InChI=1S/C19H26F2N6O/c1-13-25-26-17(27(13)2)12-23-19(24-15-8-4-5-9-15)22-11-14-7-3-6-10-16(14)28-18(20)21/h3,6-7,10,15,18H,4-5,8-9,11-12H2,1-2H3,(H2,22,23,24). The van der Waals surface area contributed by atoms with Crippen molar-refractivity contribution in [3.63, 3.8) is 0 Å². The van der Waals surface area contributed by atoms with Crippen molar-refractivity contribution in [1.29, 1.82) is 0 Å².